The van der Waals surface area contributed by atoms with Gasteiger partial charge in [-0.2, -0.15) is 0 Å². The fraction of sp³-hybridized carbons (Fsp3) is 0.571. The molecule has 1 saturated carbocycles. The van der Waals surface area contributed by atoms with Crippen LogP contribution in [0.1, 0.15) is 19.3 Å². The molecule has 1 unspecified atom stereocenters. The van der Waals surface area contributed by atoms with Gasteiger partial charge in [0.05, 0.1) is 0 Å². The summed E-state index contributed by atoms with van der Waals surface area (Å²) in [5.74, 6) is 0.936. The van der Waals surface area contributed by atoms with Gasteiger partial charge in [-0.25, -0.2) is 0 Å². The zero-order valence-electron chi connectivity index (χ0n) is 10.0. The van der Waals surface area contributed by atoms with E-state index in [1.54, 1.807) is 0 Å². The monoisotopic (exact) mass is 294 g/mol. The van der Waals surface area contributed by atoms with Crippen LogP contribution >= 0.6 is 15.9 Å². The number of hydrogen-bond donors (Lipinski definition) is 1. The largest absolute Gasteiger partial charge is 0.370 e. The first-order valence-corrected chi connectivity index (χ1v) is 7.36. The van der Waals surface area contributed by atoms with E-state index in [2.05, 4.69) is 50.4 Å². The van der Waals surface area contributed by atoms with Gasteiger partial charge in [0.2, 0.25) is 0 Å². The molecule has 0 spiro atoms. The summed E-state index contributed by atoms with van der Waals surface area (Å²) in [5, 5.41) is 3.70. The van der Waals surface area contributed by atoms with Crippen LogP contribution in [0.25, 0.3) is 0 Å². The fourth-order valence-electron chi connectivity index (χ4n) is 2.65. The number of hydrogen-bond acceptors (Lipinski definition) is 2. The van der Waals surface area contributed by atoms with E-state index in [1.807, 2.05) is 0 Å². The van der Waals surface area contributed by atoms with Crippen LogP contribution in [-0.2, 0) is 0 Å². The molecule has 2 fully saturated rings. The molecule has 2 aliphatic rings. The van der Waals surface area contributed by atoms with Gasteiger partial charge in [0.25, 0.3) is 0 Å². The zero-order chi connectivity index (χ0) is 11.7. The Kier molecular flexibility index (Phi) is 3.39. The third-order valence-electron chi connectivity index (χ3n) is 3.81. The molecule has 3 heteroatoms. The molecule has 1 heterocycles. The molecular formula is C14H19BrN2. The summed E-state index contributed by atoms with van der Waals surface area (Å²) in [6.07, 6.45) is 4.09. The van der Waals surface area contributed by atoms with Crippen molar-refractivity contribution in [2.24, 2.45) is 5.92 Å². The predicted octanol–water partition coefficient (Wildman–Crippen LogP) is 3.03. The average Bonchev–Trinajstić information content (AvgIpc) is 3.16. The lowest BCUT2D eigenvalue weighted by Crippen LogP contribution is -2.39. The highest BCUT2D eigenvalue weighted by atomic mass is 79.9. The zero-order valence-corrected chi connectivity index (χ0v) is 11.6. The van der Waals surface area contributed by atoms with Crippen LogP contribution < -0.4 is 10.2 Å². The molecule has 1 saturated heterocycles. The fourth-order valence-corrected chi connectivity index (χ4v) is 2.92. The summed E-state index contributed by atoms with van der Waals surface area (Å²) < 4.78 is 1.16. The van der Waals surface area contributed by atoms with Gasteiger partial charge < -0.3 is 10.2 Å². The minimum Gasteiger partial charge on any atom is -0.370 e. The first kappa shape index (κ1) is 11.5. The Hall–Kier alpha value is -0.540. The summed E-state index contributed by atoms with van der Waals surface area (Å²) in [5.41, 5.74) is 1.36. The molecule has 3 rings (SSSR count). The van der Waals surface area contributed by atoms with E-state index in [0.29, 0.717) is 6.04 Å². The molecule has 1 aromatic rings. The smallest absolute Gasteiger partial charge is 0.0367 e. The lowest BCUT2D eigenvalue weighted by molar-refractivity contribution is 0.490. The van der Waals surface area contributed by atoms with Crippen molar-refractivity contribution in [3.8, 4) is 0 Å². The van der Waals surface area contributed by atoms with Crippen LogP contribution in [0.15, 0.2) is 28.7 Å². The third kappa shape index (κ3) is 2.83. The Morgan fingerprint density at radius 2 is 1.94 bits per heavy atom. The van der Waals surface area contributed by atoms with Crippen molar-refractivity contribution in [1.82, 2.24) is 5.32 Å². The molecule has 1 aliphatic carbocycles. The van der Waals surface area contributed by atoms with Gasteiger partial charge in [-0.3, -0.25) is 0 Å². The van der Waals surface area contributed by atoms with E-state index in [4.69, 9.17) is 0 Å². The van der Waals surface area contributed by atoms with Gasteiger partial charge in [-0.05, 0) is 56.0 Å². The van der Waals surface area contributed by atoms with Crippen molar-refractivity contribution in [1.29, 1.82) is 0 Å². The minimum atomic E-state index is 0.709. The van der Waals surface area contributed by atoms with Gasteiger partial charge in [0, 0.05) is 29.3 Å². The summed E-state index contributed by atoms with van der Waals surface area (Å²) in [6.45, 7) is 3.53. The van der Waals surface area contributed by atoms with E-state index in [1.165, 1.54) is 44.6 Å². The van der Waals surface area contributed by atoms with Crippen molar-refractivity contribution in [2.75, 3.05) is 24.5 Å². The standard InChI is InChI=1S/C14H19BrN2/c15-12-4-6-13(7-5-12)17-9-1-8-16-14(10-17)11-2-3-11/h4-7,11,14,16H,1-3,8-10H2. The van der Waals surface area contributed by atoms with Crippen molar-refractivity contribution in [3.05, 3.63) is 28.7 Å². The SMILES string of the molecule is Brc1ccc(N2CCCNC(C3CC3)C2)cc1. The molecule has 0 aromatic heterocycles. The maximum Gasteiger partial charge on any atom is 0.0367 e. The van der Waals surface area contributed by atoms with Gasteiger partial charge in [0.15, 0.2) is 0 Å². The Labute approximate surface area is 112 Å². The van der Waals surface area contributed by atoms with Crippen LogP contribution in [0.3, 0.4) is 0 Å². The van der Waals surface area contributed by atoms with Crippen molar-refractivity contribution >= 4 is 21.6 Å². The minimum absolute atomic E-state index is 0.709. The van der Waals surface area contributed by atoms with Crippen LogP contribution in [0.4, 0.5) is 5.69 Å². The van der Waals surface area contributed by atoms with Crippen molar-refractivity contribution in [3.63, 3.8) is 0 Å². The molecule has 1 atom stereocenters. The summed E-state index contributed by atoms with van der Waals surface area (Å²) in [7, 11) is 0. The molecule has 17 heavy (non-hydrogen) atoms. The topological polar surface area (TPSA) is 15.3 Å². The molecule has 1 aliphatic heterocycles. The second kappa shape index (κ2) is 4.99. The molecule has 0 amide bonds. The maximum absolute atomic E-state index is 3.70. The van der Waals surface area contributed by atoms with Gasteiger partial charge in [0.1, 0.15) is 0 Å². The number of anilines is 1. The van der Waals surface area contributed by atoms with Crippen molar-refractivity contribution in [2.45, 2.75) is 25.3 Å². The first-order chi connectivity index (χ1) is 8.33. The van der Waals surface area contributed by atoms with Gasteiger partial charge in [-0.1, -0.05) is 15.9 Å². The Morgan fingerprint density at radius 3 is 2.65 bits per heavy atom. The number of nitrogens with one attached hydrogen (secondary N) is 1. The number of halogens is 1. The lowest BCUT2D eigenvalue weighted by Gasteiger charge is -2.26. The highest BCUT2D eigenvalue weighted by Crippen LogP contribution is 2.34. The van der Waals surface area contributed by atoms with E-state index in [0.717, 1.165) is 10.4 Å². The molecule has 0 radical (unpaired) electrons. The van der Waals surface area contributed by atoms with E-state index in [9.17, 15) is 0 Å². The van der Waals surface area contributed by atoms with Crippen LogP contribution in [0, 0.1) is 5.92 Å². The highest BCUT2D eigenvalue weighted by Gasteiger charge is 2.33. The first-order valence-electron chi connectivity index (χ1n) is 6.57. The number of nitrogens with zero attached hydrogens (tertiary/aromatic N) is 1. The quantitative estimate of drug-likeness (QED) is 0.902. The summed E-state index contributed by atoms with van der Waals surface area (Å²) in [4.78, 5) is 2.54. The van der Waals surface area contributed by atoms with Crippen molar-refractivity contribution < 1.29 is 0 Å². The van der Waals surface area contributed by atoms with Gasteiger partial charge >= 0.3 is 0 Å². The highest BCUT2D eigenvalue weighted by molar-refractivity contribution is 9.10. The molecule has 1 N–H and O–H groups in total. The van der Waals surface area contributed by atoms with Gasteiger partial charge in [-0.15, -0.1) is 0 Å². The maximum atomic E-state index is 3.70. The molecule has 2 nitrogen and oxygen atoms in total. The van der Waals surface area contributed by atoms with Crippen LogP contribution in [0.5, 0.6) is 0 Å². The Morgan fingerprint density at radius 1 is 1.18 bits per heavy atom. The molecule has 1 aromatic carbocycles. The second-order valence-electron chi connectivity index (χ2n) is 5.17. The molecular weight excluding hydrogens is 276 g/mol. The number of rotatable bonds is 2. The van der Waals surface area contributed by atoms with E-state index in [-0.39, 0.29) is 0 Å². The Bertz CT molecular complexity index is 372. The van der Waals surface area contributed by atoms with E-state index < -0.39 is 0 Å². The molecule has 92 valence electrons. The second-order valence-corrected chi connectivity index (χ2v) is 6.09. The molecule has 0 bridgehead atoms. The number of benzene rings is 1. The Balaban J connectivity index is 1.73. The van der Waals surface area contributed by atoms with E-state index >= 15 is 0 Å². The summed E-state index contributed by atoms with van der Waals surface area (Å²) >= 11 is 3.50. The normalized spacial score (nSPS) is 25.7. The lowest BCUT2D eigenvalue weighted by atomic mass is 10.1. The average molecular weight is 295 g/mol. The predicted molar refractivity (Wildman–Crippen MR) is 75.5 cm³/mol. The van der Waals surface area contributed by atoms with Crippen LogP contribution in [-0.4, -0.2) is 25.7 Å². The summed E-state index contributed by atoms with van der Waals surface area (Å²) in [6, 6.07) is 9.43. The third-order valence-corrected chi connectivity index (χ3v) is 4.34. The van der Waals surface area contributed by atoms with Crippen LogP contribution in [0.2, 0.25) is 0 Å².